The van der Waals surface area contributed by atoms with Crippen LogP contribution in [0.5, 0.6) is 0 Å². The molecule has 0 aliphatic carbocycles. The molecule has 0 unspecified atom stereocenters. The standard InChI is InChI=1S/C19H20FN3O2/c1-2-16-18(23-13-15(20)8-9-17(23)21-16)19(25)22(10-11-24)12-14-6-4-3-5-7-14/h3-9,13,24H,2,10-12H2,1H3. The molecule has 2 heterocycles. The van der Waals surface area contributed by atoms with E-state index in [1.165, 1.54) is 16.7 Å². The topological polar surface area (TPSA) is 57.8 Å². The maximum atomic E-state index is 13.7. The van der Waals surface area contributed by atoms with Crippen LogP contribution >= 0.6 is 0 Å². The van der Waals surface area contributed by atoms with Gasteiger partial charge in [0.2, 0.25) is 0 Å². The van der Waals surface area contributed by atoms with E-state index in [4.69, 9.17) is 0 Å². The van der Waals surface area contributed by atoms with Gasteiger partial charge in [0.15, 0.2) is 0 Å². The predicted octanol–water partition coefficient (Wildman–Crippen LogP) is 2.67. The van der Waals surface area contributed by atoms with E-state index in [-0.39, 0.29) is 19.1 Å². The third-order valence-electron chi connectivity index (χ3n) is 4.07. The SMILES string of the molecule is CCc1nc2ccc(F)cn2c1C(=O)N(CCO)Cc1ccccc1. The minimum absolute atomic E-state index is 0.148. The van der Waals surface area contributed by atoms with Crippen molar-refractivity contribution in [3.05, 3.63) is 71.4 Å². The van der Waals surface area contributed by atoms with Crippen LogP contribution in [-0.2, 0) is 13.0 Å². The third kappa shape index (κ3) is 3.53. The molecule has 0 bridgehead atoms. The summed E-state index contributed by atoms with van der Waals surface area (Å²) in [5.41, 5.74) is 2.46. The fourth-order valence-electron chi connectivity index (χ4n) is 2.87. The summed E-state index contributed by atoms with van der Waals surface area (Å²) < 4.78 is 15.2. The number of hydrogen-bond donors (Lipinski definition) is 1. The molecule has 0 radical (unpaired) electrons. The summed E-state index contributed by atoms with van der Waals surface area (Å²) in [5.74, 6) is -0.703. The molecule has 0 fully saturated rings. The Morgan fingerprint density at radius 3 is 2.68 bits per heavy atom. The summed E-state index contributed by atoms with van der Waals surface area (Å²) in [4.78, 5) is 19.1. The first-order chi connectivity index (χ1) is 12.1. The molecule has 3 rings (SSSR count). The minimum Gasteiger partial charge on any atom is -0.395 e. The molecule has 130 valence electrons. The largest absolute Gasteiger partial charge is 0.395 e. The van der Waals surface area contributed by atoms with Crippen molar-refractivity contribution < 1.29 is 14.3 Å². The van der Waals surface area contributed by atoms with E-state index in [9.17, 15) is 14.3 Å². The van der Waals surface area contributed by atoms with Crippen LogP contribution in [0.2, 0.25) is 0 Å². The Bertz CT molecular complexity index is 877. The maximum absolute atomic E-state index is 13.7. The Morgan fingerprint density at radius 2 is 2.00 bits per heavy atom. The molecule has 25 heavy (non-hydrogen) atoms. The Kier molecular flexibility index (Phi) is 5.09. The second kappa shape index (κ2) is 7.44. The number of pyridine rings is 1. The Morgan fingerprint density at radius 1 is 1.24 bits per heavy atom. The summed E-state index contributed by atoms with van der Waals surface area (Å²) in [5, 5.41) is 9.37. The fourth-order valence-corrected chi connectivity index (χ4v) is 2.87. The van der Waals surface area contributed by atoms with Crippen molar-refractivity contribution in [1.82, 2.24) is 14.3 Å². The van der Waals surface area contributed by atoms with Gasteiger partial charge in [-0.2, -0.15) is 0 Å². The number of hydrogen-bond acceptors (Lipinski definition) is 3. The molecule has 5 nitrogen and oxygen atoms in total. The van der Waals surface area contributed by atoms with E-state index >= 15 is 0 Å². The summed E-state index contributed by atoms with van der Waals surface area (Å²) in [6.45, 7) is 2.32. The lowest BCUT2D eigenvalue weighted by Gasteiger charge is -2.22. The number of aryl methyl sites for hydroxylation is 1. The molecule has 1 aromatic carbocycles. The van der Waals surface area contributed by atoms with Crippen molar-refractivity contribution in [3.63, 3.8) is 0 Å². The highest BCUT2D eigenvalue weighted by molar-refractivity contribution is 5.94. The molecule has 0 saturated carbocycles. The van der Waals surface area contributed by atoms with Gasteiger partial charge in [-0.15, -0.1) is 0 Å². The molecule has 2 aromatic heterocycles. The zero-order valence-corrected chi connectivity index (χ0v) is 14.0. The van der Waals surface area contributed by atoms with E-state index in [0.29, 0.717) is 30.0 Å². The van der Waals surface area contributed by atoms with E-state index in [0.717, 1.165) is 5.56 Å². The van der Waals surface area contributed by atoms with Gasteiger partial charge in [0.1, 0.15) is 17.2 Å². The number of aliphatic hydroxyl groups is 1. The van der Waals surface area contributed by atoms with Crippen molar-refractivity contribution >= 4 is 11.6 Å². The van der Waals surface area contributed by atoms with Gasteiger partial charge < -0.3 is 10.0 Å². The quantitative estimate of drug-likeness (QED) is 0.750. The zero-order valence-electron chi connectivity index (χ0n) is 14.0. The highest BCUT2D eigenvalue weighted by Gasteiger charge is 2.23. The highest BCUT2D eigenvalue weighted by Crippen LogP contribution is 2.18. The monoisotopic (exact) mass is 341 g/mol. The predicted molar refractivity (Wildman–Crippen MR) is 92.8 cm³/mol. The summed E-state index contributed by atoms with van der Waals surface area (Å²) in [7, 11) is 0. The number of imidazole rings is 1. The van der Waals surface area contributed by atoms with E-state index in [2.05, 4.69) is 4.98 Å². The number of carbonyl (C=O) groups excluding carboxylic acids is 1. The lowest BCUT2D eigenvalue weighted by Crippen LogP contribution is -2.34. The van der Waals surface area contributed by atoms with Gasteiger partial charge in [-0.3, -0.25) is 9.20 Å². The van der Waals surface area contributed by atoms with Crippen molar-refractivity contribution in [1.29, 1.82) is 0 Å². The van der Waals surface area contributed by atoms with Gasteiger partial charge in [-0.25, -0.2) is 9.37 Å². The first kappa shape index (κ1) is 17.1. The van der Waals surface area contributed by atoms with Crippen LogP contribution < -0.4 is 0 Å². The molecule has 6 heteroatoms. The average Bonchev–Trinajstić information content (AvgIpc) is 2.99. The van der Waals surface area contributed by atoms with Gasteiger partial charge in [-0.05, 0) is 24.1 Å². The van der Waals surface area contributed by atoms with Gasteiger partial charge in [0.25, 0.3) is 5.91 Å². The molecule has 3 aromatic rings. The first-order valence-corrected chi connectivity index (χ1v) is 8.24. The van der Waals surface area contributed by atoms with Crippen LogP contribution in [0.1, 0.15) is 28.7 Å². The summed E-state index contributed by atoms with van der Waals surface area (Å²) in [6.07, 6.45) is 1.83. The Labute approximate surface area is 145 Å². The maximum Gasteiger partial charge on any atom is 0.273 e. The molecular formula is C19H20FN3O2. The number of rotatable bonds is 6. The van der Waals surface area contributed by atoms with Crippen molar-refractivity contribution in [3.8, 4) is 0 Å². The number of benzene rings is 1. The lowest BCUT2D eigenvalue weighted by molar-refractivity contribution is 0.0699. The number of fused-ring (bicyclic) bond motifs is 1. The number of aromatic nitrogens is 2. The zero-order chi connectivity index (χ0) is 17.8. The second-order valence-corrected chi connectivity index (χ2v) is 5.77. The van der Waals surface area contributed by atoms with E-state index in [1.807, 2.05) is 37.3 Å². The Balaban J connectivity index is 2.01. The van der Waals surface area contributed by atoms with Crippen LogP contribution in [0, 0.1) is 5.82 Å². The molecule has 1 amide bonds. The van der Waals surface area contributed by atoms with Crippen LogP contribution in [0.4, 0.5) is 4.39 Å². The van der Waals surface area contributed by atoms with Gasteiger partial charge in [0.05, 0.1) is 12.3 Å². The second-order valence-electron chi connectivity index (χ2n) is 5.77. The Hall–Kier alpha value is -2.73. The van der Waals surface area contributed by atoms with Gasteiger partial charge in [-0.1, -0.05) is 37.3 Å². The van der Waals surface area contributed by atoms with Gasteiger partial charge >= 0.3 is 0 Å². The first-order valence-electron chi connectivity index (χ1n) is 8.24. The van der Waals surface area contributed by atoms with Gasteiger partial charge in [0, 0.05) is 19.3 Å². The number of nitrogens with zero attached hydrogens (tertiary/aromatic N) is 3. The van der Waals surface area contributed by atoms with Crippen molar-refractivity contribution in [2.45, 2.75) is 19.9 Å². The van der Waals surface area contributed by atoms with Crippen LogP contribution in [0.25, 0.3) is 5.65 Å². The fraction of sp³-hybridized carbons (Fsp3) is 0.263. The lowest BCUT2D eigenvalue weighted by atomic mass is 10.2. The van der Waals surface area contributed by atoms with E-state index < -0.39 is 5.82 Å². The molecule has 0 spiro atoms. The smallest absolute Gasteiger partial charge is 0.273 e. The molecule has 0 aliphatic rings. The van der Waals surface area contributed by atoms with Crippen LogP contribution in [-0.4, -0.2) is 38.4 Å². The number of aliphatic hydroxyl groups excluding tert-OH is 1. The average molecular weight is 341 g/mol. The number of amides is 1. The minimum atomic E-state index is -0.432. The molecule has 0 atom stereocenters. The van der Waals surface area contributed by atoms with E-state index in [1.54, 1.807) is 11.0 Å². The molecule has 0 saturated heterocycles. The van der Waals surface area contributed by atoms with Crippen molar-refractivity contribution in [2.75, 3.05) is 13.2 Å². The normalized spacial score (nSPS) is 11.0. The highest BCUT2D eigenvalue weighted by atomic mass is 19.1. The number of halogens is 1. The molecule has 1 N–H and O–H groups in total. The molecule has 0 aliphatic heterocycles. The van der Waals surface area contributed by atoms with Crippen molar-refractivity contribution in [2.24, 2.45) is 0 Å². The third-order valence-corrected chi connectivity index (χ3v) is 4.07. The molecular weight excluding hydrogens is 321 g/mol. The summed E-state index contributed by atoms with van der Waals surface area (Å²) in [6, 6.07) is 12.4. The number of carbonyl (C=O) groups is 1. The van der Waals surface area contributed by atoms with Crippen LogP contribution in [0.15, 0.2) is 48.7 Å². The summed E-state index contributed by atoms with van der Waals surface area (Å²) >= 11 is 0. The van der Waals surface area contributed by atoms with Crippen LogP contribution in [0.3, 0.4) is 0 Å².